The van der Waals surface area contributed by atoms with Crippen LogP contribution in [0.15, 0.2) is 12.4 Å². The standard InChI is InChI=1S/C10H16FN3O3S/c1-7(2)17-9(3-4-18(12,15)16)10-13-5-8(11)6-14-10/h5-7,9H,3-4H2,1-2H3,(H2,12,15,16)/t9-/m0/s1. The van der Waals surface area contributed by atoms with E-state index in [1.165, 1.54) is 0 Å². The van der Waals surface area contributed by atoms with Crippen LogP contribution in [0.5, 0.6) is 0 Å². The first-order chi connectivity index (χ1) is 8.28. The van der Waals surface area contributed by atoms with Crippen molar-refractivity contribution >= 4 is 10.0 Å². The second-order valence-corrected chi connectivity index (χ2v) is 5.82. The Bertz CT molecular complexity index is 476. The predicted octanol–water partition coefficient (Wildman–Crippen LogP) is 0.760. The van der Waals surface area contributed by atoms with E-state index in [9.17, 15) is 12.8 Å². The summed E-state index contributed by atoms with van der Waals surface area (Å²) < 4.78 is 40.1. The molecule has 0 aliphatic heterocycles. The van der Waals surface area contributed by atoms with Gasteiger partial charge in [-0.2, -0.15) is 0 Å². The van der Waals surface area contributed by atoms with Gasteiger partial charge < -0.3 is 4.74 Å². The maximum absolute atomic E-state index is 12.7. The van der Waals surface area contributed by atoms with Crippen LogP contribution < -0.4 is 5.14 Å². The minimum Gasteiger partial charge on any atom is -0.368 e. The lowest BCUT2D eigenvalue weighted by Gasteiger charge is -2.18. The molecule has 1 aromatic heterocycles. The average molecular weight is 277 g/mol. The van der Waals surface area contributed by atoms with Crippen molar-refractivity contribution in [3.05, 3.63) is 24.0 Å². The van der Waals surface area contributed by atoms with Gasteiger partial charge in [0, 0.05) is 0 Å². The van der Waals surface area contributed by atoms with Crippen LogP contribution in [-0.4, -0.2) is 30.2 Å². The van der Waals surface area contributed by atoms with Crippen LogP contribution in [0.4, 0.5) is 4.39 Å². The van der Waals surface area contributed by atoms with Crippen LogP contribution in [0, 0.1) is 5.82 Å². The molecule has 0 aliphatic rings. The van der Waals surface area contributed by atoms with Crippen LogP contribution >= 0.6 is 0 Å². The summed E-state index contributed by atoms with van der Waals surface area (Å²) in [5, 5.41) is 4.93. The van der Waals surface area contributed by atoms with Gasteiger partial charge in [0.05, 0.1) is 24.3 Å². The summed E-state index contributed by atoms with van der Waals surface area (Å²) in [6, 6.07) is 0. The molecule has 0 unspecified atom stereocenters. The van der Waals surface area contributed by atoms with Gasteiger partial charge in [0.25, 0.3) is 0 Å². The van der Waals surface area contributed by atoms with Gasteiger partial charge in [-0.1, -0.05) is 0 Å². The van der Waals surface area contributed by atoms with E-state index in [4.69, 9.17) is 9.88 Å². The Morgan fingerprint density at radius 3 is 2.39 bits per heavy atom. The molecule has 0 saturated heterocycles. The van der Waals surface area contributed by atoms with Crippen LogP contribution in [0.3, 0.4) is 0 Å². The molecule has 0 spiro atoms. The fourth-order valence-corrected chi connectivity index (χ4v) is 1.89. The molecule has 0 saturated carbocycles. The molecule has 2 N–H and O–H groups in total. The SMILES string of the molecule is CC(C)O[C@@H](CCS(N)(=O)=O)c1ncc(F)cn1. The van der Waals surface area contributed by atoms with Gasteiger partial charge in [-0.25, -0.2) is 27.9 Å². The quantitative estimate of drug-likeness (QED) is 0.828. The number of halogens is 1. The molecule has 1 heterocycles. The van der Waals surface area contributed by atoms with Gasteiger partial charge in [0.1, 0.15) is 6.10 Å². The fraction of sp³-hybridized carbons (Fsp3) is 0.600. The largest absolute Gasteiger partial charge is 0.368 e. The monoisotopic (exact) mass is 277 g/mol. The van der Waals surface area contributed by atoms with Crippen molar-refractivity contribution in [3.63, 3.8) is 0 Å². The van der Waals surface area contributed by atoms with E-state index in [-0.39, 0.29) is 24.1 Å². The van der Waals surface area contributed by atoms with Gasteiger partial charge in [0.2, 0.25) is 10.0 Å². The number of sulfonamides is 1. The van der Waals surface area contributed by atoms with E-state index < -0.39 is 21.9 Å². The minimum atomic E-state index is -3.58. The first kappa shape index (κ1) is 14.9. The second-order valence-electron chi connectivity index (χ2n) is 4.09. The first-order valence-electron chi connectivity index (χ1n) is 5.41. The summed E-state index contributed by atoms with van der Waals surface area (Å²) in [5.41, 5.74) is 0. The van der Waals surface area contributed by atoms with Crippen molar-refractivity contribution in [2.75, 3.05) is 5.75 Å². The van der Waals surface area contributed by atoms with Crippen LogP contribution in [0.1, 0.15) is 32.2 Å². The van der Waals surface area contributed by atoms with Crippen molar-refractivity contribution in [1.29, 1.82) is 0 Å². The summed E-state index contributed by atoms with van der Waals surface area (Å²) in [7, 11) is -3.58. The molecule has 0 amide bonds. The maximum Gasteiger partial charge on any atom is 0.209 e. The highest BCUT2D eigenvalue weighted by atomic mass is 32.2. The zero-order valence-corrected chi connectivity index (χ0v) is 11.0. The number of ether oxygens (including phenoxy) is 1. The van der Waals surface area contributed by atoms with Crippen molar-refractivity contribution in [2.45, 2.75) is 32.5 Å². The predicted molar refractivity (Wildman–Crippen MR) is 63.5 cm³/mol. The lowest BCUT2D eigenvalue weighted by atomic mass is 10.2. The van der Waals surface area contributed by atoms with Gasteiger partial charge in [-0.05, 0) is 20.3 Å². The molecule has 18 heavy (non-hydrogen) atoms. The van der Waals surface area contributed by atoms with E-state index in [0.29, 0.717) is 0 Å². The van der Waals surface area contributed by atoms with Crippen LogP contribution in [-0.2, 0) is 14.8 Å². The number of hydrogen-bond donors (Lipinski definition) is 1. The molecule has 1 atom stereocenters. The Kier molecular flexibility index (Phi) is 5.12. The molecule has 102 valence electrons. The molecule has 8 heteroatoms. The Labute approximate surface area is 105 Å². The summed E-state index contributed by atoms with van der Waals surface area (Å²) >= 11 is 0. The first-order valence-corrected chi connectivity index (χ1v) is 7.13. The summed E-state index contributed by atoms with van der Waals surface area (Å²) in [5.74, 6) is -0.562. The summed E-state index contributed by atoms with van der Waals surface area (Å²) in [4.78, 5) is 7.57. The summed E-state index contributed by atoms with van der Waals surface area (Å²) in [6.45, 7) is 3.60. The average Bonchev–Trinajstić information content (AvgIpc) is 2.24. The molecular formula is C10H16FN3O3S. The molecule has 0 aliphatic carbocycles. The van der Waals surface area contributed by atoms with Crippen molar-refractivity contribution < 1.29 is 17.5 Å². The number of rotatable bonds is 6. The molecule has 0 radical (unpaired) electrons. The van der Waals surface area contributed by atoms with Crippen molar-refractivity contribution in [2.24, 2.45) is 5.14 Å². The maximum atomic E-state index is 12.7. The molecule has 0 aromatic carbocycles. The molecule has 0 bridgehead atoms. The highest BCUT2D eigenvalue weighted by Crippen LogP contribution is 2.19. The summed E-state index contributed by atoms with van der Waals surface area (Å²) in [6.07, 6.45) is 1.39. The highest BCUT2D eigenvalue weighted by molar-refractivity contribution is 7.89. The zero-order valence-electron chi connectivity index (χ0n) is 10.2. The van der Waals surface area contributed by atoms with Gasteiger partial charge in [0.15, 0.2) is 11.6 Å². The van der Waals surface area contributed by atoms with E-state index in [1.54, 1.807) is 13.8 Å². The Hall–Kier alpha value is -1.12. The third-order valence-corrected chi connectivity index (χ3v) is 2.83. The second kappa shape index (κ2) is 6.17. The molecular weight excluding hydrogens is 261 g/mol. The van der Waals surface area contributed by atoms with Gasteiger partial charge in [-0.3, -0.25) is 0 Å². The minimum absolute atomic E-state index is 0.128. The number of nitrogens with two attached hydrogens (primary N) is 1. The van der Waals surface area contributed by atoms with Crippen LogP contribution in [0.2, 0.25) is 0 Å². The topological polar surface area (TPSA) is 95.2 Å². The zero-order chi connectivity index (χ0) is 13.8. The van der Waals surface area contributed by atoms with Crippen molar-refractivity contribution in [3.8, 4) is 0 Å². The number of primary sulfonamides is 1. The molecule has 1 aromatic rings. The normalized spacial score (nSPS) is 13.8. The van der Waals surface area contributed by atoms with E-state index >= 15 is 0 Å². The Morgan fingerprint density at radius 2 is 1.94 bits per heavy atom. The van der Waals surface area contributed by atoms with Crippen molar-refractivity contribution in [1.82, 2.24) is 9.97 Å². The lowest BCUT2D eigenvalue weighted by Crippen LogP contribution is -2.21. The number of hydrogen-bond acceptors (Lipinski definition) is 5. The van der Waals surface area contributed by atoms with Gasteiger partial charge >= 0.3 is 0 Å². The Morgan fingerprint density at radius 1 is 1.39 bits per heavy atom. The molecule has 1 rings (SSSR count). The fourth-order valence-electron chi connectivity index (χ4n) is 1.35. The number of aromatic nitrogens is 2. The van der Waals surface area contributed by atoms with E-state index in [0.717, 1.165) is 12.4 Å². The van der Waals surface area contributed by atoms with Gasteiger partial charge in [-0.15, -0.1) is 0 Å². The van der Waals surface area contributed by atoms with Crippen LogP contribution in [0.25, 0.3) is 0 Å². The van der Waals surface area contributed by atoms with E-state index in [1.807, 2.05) is 0 Å². The lowest BCUT2D eigenvalue weighted by molar-refractivity contribution is -0.000231. The highest BCUT2D eigenvalue weighted by Gasteiger charge is 2.19. The third-order valence-electron chi connectivity index (χ3n) is 2.03. The smallest absolute Gasteiger partial charge is 0.209 e. The molecule has 6 nitrogen and oxygen atoms in total. The molecule has 0 fully saturated rings. The Balaban J connectivity index is 2.80. The third kappa shape index (κ3) is 5.48. The van der Waals surface area contributed by atoms with E-state index in [2.05, 4.69) is 9.97 Å². The number of nitrogens with zero attached hydrogens (tertiary/aromatic N) is 2.